The highest BCUT2D eigenvalue weighted by Gasteiger charge is 2.50. The van der Waals surface area contributed by atoms with E-state index >= 15 is 0 Å². The zero-order chi connectivity index (χ0) is 19.0. The molecule has 1 N–H and O–H groups in total. The summed E-state index contributed by atoms with van der Waals surface area (Å²) in [5.41, 5.74) is -0.841. The summed E-state index contributed by atoms with van der Waals surface area (Å²) in [4.78, 5) is 26.5. The lowest BCUT2D eigenvalue weighted by molar-refractivity contribution is -0.120. The molecule has 0 fully saturated rings. The molecule has 3 nitrogen and oxygen atoms in total. The van der Waals surface area contributed by atoms with E-state index in [-0.39, 0.29) is 16.8 Å². The third-order valence-electron chi connectivity index (χ3n) is 6.04. The van der Waals surface area contributed by atoms with E-state index in [0.29, 0.717) is 24.0 Å². The van der Waals surface area contributed by atoms with Crippen molar-refractivity contribution in [2.24, 2.45) is 5.41 Å². The number of hydrogen-bond acceptors (Lipinski definition) is 3. The highest BCUT2D eigenvalue weighted by Crippen LogP contribution is 2.48. The predicted molar refractivity (Wildman–Crippen MR) is 106 cm³/mol. The maximum atomic E-state index is 13.5. The van der Waals surface area contributed by atoms with Crippen molar-refractivity contribution in [3.05, 3.63) is 71.3 Å². The second-order valence-electron chi connectivity index (χ2n) is 8.50. The summed E-state index contributed by atoms with van der Waals surface area (Å²) >= 11 is 0. The zero-order valence-electron chi connectivity index (χ0n) is 15.4. The van der Waals surface area contributed by atoms with E-state index in [4.69, 9.17) is 0 Å². The molecule has 3 heteroatoms. The standard InChI is InChI=1S/C24H20O3/c1-23(2)12-11-17(19(25)13-23)24(27)18-8-4-6-15-10-9-14-5-3-7-16(22(24)26)20(14)21(15)18/h3-11,27H,12-13H2,1-2H3. The van der Waals surface area contributed by atoms with Crippen LogP contribution in [0.4, 0.5) is 0 Å². The minimum atomic E-state index is -1.92. The van der Waals surface area contributed by atoms with Crippen molar-refractivity contribution in [1.29, 1.82) is 0 Å². The highest BCUT2D eigenvalue weighted by atomic mass is 16.3. The van der Waals surface area contributed by atoms with E-state index in [0.717, 1.165) is 21.5 Å². The van der Waals surface area contributed by atoms with Crippen molar-refractivity contribution in [3.63, 3.8) is 0 Å². The SMILES string of the molecule is CC1(C)CC=C(C2(O)C(=O)c3cccc4ccc5cccc2c5c34)C(=O)C1. The van der Waals surface area contributed by atoms with Crippen LogP contribution in [-0.2, 0) is 10.4 Å². The van der Waals surface area contributed by atoms with Gasteiger partial charge in [-0.25, -0.2) is 0 Å². The third kappa shape index (κ3) is 2.06. The molecular weight excluding hydrogens is 336 g/mol. The maximum Gasteiger partial charge on any atom is 0.204 e. The van der Waals surface area contributed by atoms with Crippen molar-refractivity contribution >= 4 is 33.1 Å². The first-order valence-corrected chi connectivity index (χ1v) is 9.29. The number of allylic oxidation sites excluding steroid dienone is 1. The van der Waals surface area contributed by atoms with Crippen LogP contribution in [0.3, 0.4) is 0 Å². The fourth-order valence-corrected chi connectivity index (χ4v) is 4.67. The smallest absolute Gasteiger partial charge is 0.204 e. The number of carbonyl (C=O) groups excluding carboxylic acids is 2. The quantitative estimate of drug-likeness (QED) is 0.644. The van der Waals surface area contributed by atoms with Crippen LogP contribution in [0.2, 0.25) is 0 Å². The molecule has 1 atom stereocenters. The highest BCUT2D eigenvalue weighted by molar-refractivity contribution is 6.28. The molecule has 0 aliphatic heterocycles. The molecule has 3 aromatic rings. The van der Waals surface area contributed by atoms with E-state index < -0.39 is 11.4 Å². The van der Waals surface area contributed by atoms with Crippen molar-refractivity contribution in [3.8, 4) is 0 Å². The van der Waals surface area contributed by atoms with Crippen molar-refractivity contribution in [1.82, 2.24) is 0 Å². The van der Waals surface area contributed by atoms with E-state index in [1.165, 1.54) is 0 Å². The number of hydrogen-bond donors (Lipinski definition) is 1. The maximum absolute atomic E-state index is 13.5. The van der Waals surface area contributed by atoms with Gasteiger partial charge in [0.15, 0.2) is 11.4 Å². The van der Waals surface area contributed by atoms with Gasteiger partial charge >= 0.3 is 0 Å². The van der Waals surface area contributed by atoms with Gasteiger partial charge in [-0.05, 0) is 28.0 Å². The van der Waals surface area contributed by atoms with E-state index in [1.54, 1.807) is 18.2 Å². The number of benzene rings is 3. The van der Waals surface area contributed by atoms with Crippen molar-refractivity contribution < 1.29 is 14.7 Å². The average Bonchev–Trinajstić information content (AvgIpc) is 2.64. The molecule has 0 aromatic heterocycles. The van der Waals surface area contributed by atoms with E-state index in [9.17, 15) is 14.7 Å². The summed E-state index contributed by atoms with van der Waals surface area (Å²) < 4.78 is 0. The largest absolute Gasteiger partial charge is 0.373 e. The Morgan fingerprint density at radius 1 is 0.889 bits per heavy atom. The topological polar surface area (TPSA) is 54.4 Å². The molecule has 0 amide bonds. The van der Waals surface area contributed by atoms with Crippen molar-refractivity contribution in [2.75, 3.05) is 0 Å². The Bertz CT molecular complexity index is 1200. The third-order valence-corrected chi connectivity index (χ3v) is 6.04. The van der Waals surface area contributed by atoms with Crippen LogP contribution >= 0.6 is 0 Å². The molecule has 27 heavy (non-hydrogen) atoms. The lowest BCUT2D eigenvalue weighted by Gasteiger charge is -2.38. The molecule has 0 spiro atoms. The Morgan fingerprint density at radius 2 is 1.56 bits per heavy atom. The lowest BCUT2D eigenvalue weighted by atomic mass is 9.67. The lowest BCUT2D eigenvalue weighted by Crippen LogP contribution is -2.44. The first kappa shape index (κ1) is 16.4. The molecule has 3 aromatic carbocycles. The molecular formula is C24H20O3. The fraction of sp³-hybridized carbons (Fsp3) is 0.250. The van der Waals surface area contributed by atoms with Gasteiger partial charge in [0.05, 0.1) is 0 Å². The van der Waals surface area contributed by atoms with Crippen LogP contribution in [-0.4, -0.2) is 16.7 Å². The molecule has 0 bridgehead atoms. The molecule has 0 saturated heterocycles. The second-order valence-corrected chi connectivity index (χ2v) is 8.50. The molecule has 0 heterocycles. The van der Waals surface area contributed by atoms with Crippen molar-refractivity contribution in [2.45, 2.75) is 32.3 Å². The van der Waals surface area contributed by atoms with Crippen LogP contribution in [0, 0.1) is 5.41 Å². The van der Waals surface area contributed by atoms with Crippen LogP contribution in [0.5, 0.6) is 0 Å². The summed E-state index contributed by atoms with van der Waals surface area (Å²) in [5, 5.41) is 15.4. The molecule has 2 aliphatic carbocycles. The van der Waals surface area contributed by atoms with Gasteiger partial charge in [-0.15, -0.1) is 0 Å². The molecule has 0 saturated carbocycles. The van der Waals surface area contributed by atoms with Crippen LogP contribution in [0.1, 0.15) is 42.6 Å². The Morgan fingerprint density at radius 3 is 2.26 bits per heavy atom. The first-order valence-electron chi connectivity index (χ1n) is 9.29. The molecule has 134 valence electrons. The zero-order valence-corrected chi connectivity index (χ0v) is 15.4. The first-order chi connectivity index (χ1) is 12.8. The molecule has 1 unspecified atom stereocenters. The number of Topliss-reactive ketones (excluding diaryl/α,β-unsaturated/α-hetero) is 2. The monoisotopic (exact) mass is 356 g/mol. The van der Waals surface area contributed by atoms with Crippen LogP contribution in [0.15, 0.2) is 60.2 Å². The Hall–Kier alpha value is -2.78. The van der Waals surface area contributed by atoms with Gasteiger partial charge in [0.2, 0.25) is 5.78 Å². The number of carbonyl (C=O) groups is 2. The molecule has 5 rings (SSSR count). The van der Waals surface area contributed by atoms with Crippen LogP contribution in [0.25, 0.3) is 21.5 Å². The second kappa shape index (κ2) is 5.14. The normalized spacial score (nSPS) is 23.9. The summed E-state index contributed by atoms with van der Waals surface area (Å²) in [6.45, 7) is 4.06. The minimum Gasteiger partial charge on any atom is -0.373 e. The Balaban J connectivity index is 1.90. The Labute approximate surface area is 157 Å². The Kier molecular flexibility index (Phi) is 3.12. The van der Waals surface area contributed by atoms with Gasteiger partial charge in [-0.1, -0.05) is 68.5 Å². The average molecular weight is 356 g/mol. The summed E-state index contributed by atoms with van der Waals surface area (Å²) in [7, 11) is 0. The van der Waals surface area contributed by atoms with Gasteiger partial charge in [0.1, 0.15) is 0 Å². The fourth-order valence-electron chi connectivity index (χ4n) is 4.67. The van der Waals surface area contributed by atoms with Gasteiger partial charge in [-0.3, -0.25) is 9.59 Å². The van der Waals surface area contributed by atoms with Gasteiger partial charge in [0, 0.05) is 28.5 Å². The van der Waals surface area contributed by atoms with Gasteiger partial charge < -0.3 is 5.11 Å². The van der Waals surface area contributed by atoms with E-state index in [2.05, 4.69) is 0 Å². The van der Waals surface area contributed by atoms with Gasteiger partial charge in [0.25, 0.3) is 0 Å². The number of rotatable bonds is 1. The number of aliphatic hydroxyl groups is 1. The summed E-state index contributed by atoms with van der Waals surface area (Å²) in [6, 6.07) is 15.2. The van der Waals surface area contributed by atoms with Gasteiger partial charge in [-0.2, -0.15) is 0 Å². The minimum absolute atomic E-state index is 0.148. The summed E-state index contributed by atoms with van der Waals surface area (Å²) in [6.07, 6.45) is 2.76. The molecule has 0 radical (unpaired) electrons. The predicted octanol–water partition coefficient (Wildman–Crippen LogP) is 4.69. The molecule has 2 aliphatic rings. The van der Waals surface area contributed by atoms with Crippen LogP contribution < -0.4 is 0 Å². The number of ketones is 2. The van der Waals surface area contributed by atoms with E-state index in [1.807, 2.05) is 50.2 Å². The summed E-state index contributed by atoms with van der Waals surface area (Å²) in [5.74, 6) is -0.552.